The van der Waals surface area contributed by atoms with Gasteiger partial charge < -0.3 is 5.32 Å². The lowest BCUT2D eigenvalue weighted by atomic mass is 9.92. The Hall–Kier alpha value is -3.34. The van der Waals surface area contributed by atoms with Crippen molar-refractivity contribution in [2.75, 3.05) is 32.8 Å². The second-order valence-electron chi connectivity index (χ2n) is 8.97. The number of amides is 3. The van der Waals surface area contributed by atoms with Crippen molar-refractivity contribution in [2.24, 2.45) is 0 Å². The van der Waals surface area contributed by atoms with Gasteiger partial charge in [0.25, 0.3) is 5.91 Å². The van der Waals surface area contributed by atoms with Gasteiger partial charge in [0.2, 0.25) is 10.0 Å². The molecule has 0 aromatic heterocycles. The Morgan fingerprint density at radius 3 is 2.26 bits per heavy atom. The van der Waals surface area contributed by atoms with E-state index in [0.29, 0.717) is 18.7 Å². The van der Waals surface area contributed by atoms with Gasteiger partial charge in [-0.05, 0) is 47.5 Å². The topological polar surface area (TPSA) is 90.0 Å². The maximum atomic E-state index is 13.3. The van der Waals surface area contributed by atoms with Gasteiger partial charge in [0, 0.05) is 26.2 Å². The molecule has 0 unspecified atom stereocenters. The highest BCUT2D eigenvalue weighted by Gasteiger charge is 2.49. The Balaban J connectivity index is 1.25. The van der Waals surface area contributed by atoms with E-state index in [1.807, 2.05) is 29.2 Å². The van der Waals surface area contributed by atoms with Gasteiger partial charge in [-0.1, -0.05) is 42.5 Å². The minimum atomic E-state index is -3.67. The summed E-state index contributed by atoms with van der Waals surface area (Å²) < 4.78 is 41.2. The van der Waals surface area contributed by atoms with Crippen molar-refractivity contribution in [1.82, 2.24) is 19.4 Å². The molecule has 0 radical (unpaired) electrons. The number of carbonyl (C=O) groups excluding carboxylic acids is 2. The van der Waals surface area contributed by atoms with E-state index >= 15 is 0 Å². The second kappa shape index (κ2) is 8.71. The van der Waals surface area contributed by atoms with Crippen molar-refractivity contribution in [3.05, 3.63) is 78.1 Å². The van der Waals surface area contributed by atoms with Crippen molar-refractivity contribution in [1.29, 1.82) is 0 Å². The number of hydrogen-bond donors (Lipinski definition) is 1. The zero-order valence-corrected chi connectivity index (χ0v) is 20.0. The van der Waals surface area contributed by atoms with Gasteiger partial charge in [-0.25, -0.2) is 22.5 Å². The van der Waals surface area contributed by atoms with E-state index in [-0.39, 0.29) is 24.7 Å². The van der Waals surface area contributed by atoms with E-state index in [2.05, 4.69) is 5.32 Å². The molecule has 2 aliphatic rings. The van der Waals surface area contributed by atoms with E-state index < -0.39 is 33.3 Å². The van der Waals surface area contributed by atoms with Gasteiger partial charge in [0.1, 0.15) is 11.4 Å². The fraction of sp³-hybridized carbons (Fsp3) is 0.280. The monoisotopic (exact) mass is 496 g/mol. The predicted octanol–water partition coefficient (Wildman–Crippen LogP) is 2.71. The second-order valence-corrected chi connectivity index (χ2v) is 10.9. The molecule has 0 aliphatic carbocycles. The largest absolute Gasteiger partial charge is 0.326 e. The Labute approximate surface area is 203 Å². The summed E-state index contributed by atoms with van der Waals surface area (Å²) in [5.41, 5.74) is -0.794. The molecule has 2 fully saturated rings. The third-order valence-electron chi connectivity index (χ3n) is 6.73. The zero-order valence-electron chi connectivity index (χ0n) is 19.1. The molecule has 0 bridgehead atoms. The zero-order chi connectivity index (χ0) is 24.8. The van der Waals surface area contributed by atoms with Gasteiger partial charge in [-0.3, -0.25) is 9.69 Å². The van der Waals surface area contributed by atoms with Crippen LogP contribution in [0.5, 0.6) is 0 Å². The lowest BCUT2D eigenvalue weighted by Crippen LogP contribution is -2.52. The van der Waals surface area contributed by atoms with Crippen LogP contribution in [0, 0.1) is 5.82 Å². The Morgan fingerprint density at radius 2 is 1.57 bits per heavy atom. The summed E-state index contributed by atoms with van der Waals surface area (Å²) >= 11 is 0. The van der Waals surface area contributed by atoms with Gasteiger partial charge in [0.15, 0.2) is 0 Å². The lowest BCUT2D eigenvalue weighted by Gasteiger charge is -2.35. The fourth-order valence-corrected chi connectivity index (χ4v) is 6.05. The van der Waals surface area contributed by atoms with Crippen LogP contribution < -0.4 is 5.32 Å². The summed E-state index contributed by atoms with van der Waals surface area (Å²) in [6.07, 6.45) is 0. The van der Waals surface area contributed by atoms with Crippen molar-refractivity contribution in [3.63, 3.8) is 0 Å². The first kappa shape index (κ1) is 23.4. The highest BCUT2D eigenvalue weighted by molar-refractivity contribution is 7.89. The molecule has 10 heteroatoms. The molecular weight excluding hydrogens is 471 g/mol. The minimum absolute atomic E-state index is 0.0469. The van der Waals surface area contributed by atoms with E-state index in [4.69, 9.17) is 0 Å². The van der Waals surface area contributed by atoms with Crippen LogP contribution in [0.2, 0.25) is 0 Å². The summed E-state index contributed by atoms with van der Waals surface area (Å²) in [7, 11) is -3.67. The van der Waals surface area contributed by atoms with Crippen LogP contribution in [-0.2, 0) is 20.4 Å². The number of sulfonamides is 1. The number of piperazine rings is 1. The first-order chi connectivity index (χ1) is 16.7. The van der Waals surface area contributed by atoms with Gasteiger partial charge in [0.05, 0.1) is 11.6 Å². The van der Waals surface area contributed by atoms with E-state index in [0.717, 1.165) is 15.7 Å². The molecule has 35 heavy (non-hydrogen) atoms. The number of rotatable bonds is 5. The molecular formula is C25H25FN4O4S. The summed E-state index contributed by atoms with van der Waals surface area (Å²) in [6.45, 7) is 2.87. The van der Waals surface area contributed by atoms with E-state index in [1.165, 1.54) is 28.6 Å². The van der Waals surface area contributed by atoms with E-state index in [9.17, 15) is 22.4 Å². The van der Waals surface area contributed by atoms with Crippen molar-refractivity contribution >= 4 is 32.7 Å². The van der Waals surface area contributed by atoms with Crippen LogP contribution in [0.1, 0.15) is 12.5 Å². The van der Waals surface area contributed by atoms with Crippen LogP contribution in [0.15, 0.2) is 71.6 Å². The fourth-order valence-electron chi connectivity index (χ4n) is 4.59. The van der Waals surface area contributed by atoms with Gasteiger partial charge in [-0.15, -0.1) is 0 Å². The number of benzene rings is 3. The lowest BCUT2D eigenvalue weighted by molar-refractivity contribution is -0.132. The summed E-state index contributed by atoms with van der Waals surface area (Å²) in [5, 5.41) is 4.53. The third kappa shape index (κ3) is 4.18. The van der Waals surface area contributed by atoms with Crippen molar-refractivity contribution in [2.45, 2.75) is 17.4 Å². The highest BCUT2D eigenvalue weighted by atomic mass is 32.2. The van der Waals surface area contributed by atoms with E-state index in [1.54, 1.807) is 25.1 Å². The molecule has 1 N–H and O–H groups in total. The number of urea groups is 1. The Morgan fingerprint density at radius 1 is 0.914 bits per heavy atom. The normalized spacial score (nSPS) is 22.1. The molecule has 3 aromatic rings. The number of hydrogen-bond acceptors (Lipinski definition) is 5. The number of halogens is 1. The molecule has 2 aliphatic heterocycles. The Kier molecular flexibility index (Phi) is 5.82. The third-order valence-corrected chi connectivity index (χ3v) is 8.62. The Bertz CT molecular complexity index is 1400. The SMILES string of the molecule is C[C@@]1(c2ccc(F)cc2)NC(=O)N(CN2CCN(S(=O)(=O)c3ccc4ccccc4c3)CC2)C1=O. The first-order valence-corrected chi connectivity index (χ1v) is 12.7. The standard InChI is InChI=1S/C25H25FN4O4S/c1-25(20-7-9-21(26)10-8-20)23(31)30(24(32)27-25)17-28-12-14-29(15-13-28)35(33,34)22-11-6-18-4-2-3-5-19(18)16-22/h2-11,16H,12-15,17H2,1H3,(H,27,32)/t25-/m0/s1. The van der Waals surface area contributed by atoms with Crippen LogP contribution in [-0.4, -0.2) is 67.3 Å². The highest BCUT2D eigenvalue weighted by Crippen LogP contribution is 2.29. The average Bonchev–Trinajstić information content (AvgIpc) is 3.08. The number of fused-ring (bicyclic) bond motifs is 1. The predicted molar refractivity (Wildman–Crippen MR) is 128 cm³/mol. The number of imide groups is 1. The molecule has 8 nitrogen and oxygen atoms in total. The minimum Gasteiger partial charge on any atom is -0.319 e. The molecule has 182 valence electrons. The van der Waals surface area contributed by atoms with Crippen LogP contribution in [0.3, 0.4) is 0 Å². The molecule has 3 aromatic carbocycles. The summed E-state index contributed by atoms with van der Waals surface area (Å²) in [4.78, 5) is 29.0. The molecule has 2 heterocycles. The smallest absolute Gasteiger partial charge is 0.319 e. The number of nitrogens with zero attached hydrogens (tertiary/aromatic N) is 3. The van der Waals surface area contributed by atoms with Crippen molar-refractivity contribution in [3.8, 4) is 0 Å². The van der Waals surface area contributed by atoms with Crippen LogP contribution in [0.4, 0.5) is 9.18 Å². The van der Waals surface area contributed by atoms with Crippen LogP contribution in [0.25, 0.3) is 10.8 Å². The molecule has 5 rings (SSSR count). The average molecular weight is 497 g/mol. The molecule has 3 amide bonds. The van der Waals surface area contributed by atoms with Crippen LogP contribution >= 0.6 is 0 Å². The quantitative estimate of drug-likeness (QED) is 0.549. The molecule has 1 atom stereocenters. The van der Waals surface area contributed by atoms with Crippen molar-refractivity contribution < 1.29 is 22.4 Å². The molecule has 2 saturated heterocycles. The molecule has 0 spiro atoms. The first-order valence-electron chi connectivity index (χ1n) is 11.3. The number of nitrogens with one attached hydrogen (secondary N) is 1. The number of carbonyl (C=O) groups is 2. The maximum Gasteiger partial charge on any atom is 0.326 e. The molecule has 0 saturated carbocycles. The van der Waals surface area contributed by atoms with Gasteiger partial charge >= 0.3 is 6.03 Å². The summed E-state index contributed by atoms with van der Waals surface area (Å²) in [5.74, 6) is -0.859. The summed E-state index contributed by atoms with van der Waals surface area (Å²) in [6, 6.07) is 17.6. The van der Waals surface area contributed by atoms with Gasteiger partial charge in [-0.2, -0.15) is 4.31 Å². The maximum absolute atomic E-state index is 13.3.